The molecule has 0 aromatic carbocycles. The van der Waals surface area contributed by atoms with E-state index in [4.69, 9.17) is 4.52 Å². The number of alkyl halides is 2. The molecule has 0 bridgehead atoms. The van der Waals surface area contributed by atoms with Crippen LogP contribution < -0.4 is 10.5 Å². The summed E-state index contributed by atoms with van der Waals surface area (Å²) in [5, 5.41) is 7.80. The fourth-order valence-corrected chi connectivity index (χ4v) is 2.79. The maximum Gasteiger partial charge on any atom is 0.269 e. The van der Waals surface area contributed by atoms with Gasteiger partial charge in [0.25, 0.3) is 12.0 Å². The molecule has 3 rings (SSSR count). The van der Waals surface area contributed by atoms with Crippen molar-refractivity contribution >= 4 is 5.69 Å². The number of nitrogens with zero attached hydrogens (tertiary/aromatic N) is 6. The predicted octanol–water partition coefficient (Wildman–Crippen LogP) is 1.34. The Labute approximate surface area is 149 Å². The summed E-state index contributed by atoms with van der Waals surface area (Å²) < 4.78 is 30.8. The number of halogens is 2. The van der Waals surface area contributed by atoms with Gasteiger partial charge >= 0.3 is 0 Å². The lowest BCUT2D eigenvalue weighted by atomic mass is 10.2. The minimum Gasteiger partial charge on any atom is -0.368 e. The minimum absolute atomic E-state index is 0.226. The topological polar surface area (TPSA) is 80.3 Å². The first-order valence-electron chi connectivity index (χ1n) is 8.57. The number of rotatable bonds is 6. The Kier molecular flexibility index (Phi) is 5.60. The van der Waals surface area contributed by atoms with Crippen molar-refractivity contribution in [3.05, 3.63) is 34.3 Å². The maximum atomic E-state index is 12.4. The van der Waals surface area contributed by atoms with E-state index in [1.54, 1.807) is 0 Å². The Hall–Kier alpha value is -2.36. The first-order chi connectivity index (χ1) is 12.4. The highest BCUT2D eigenvalue weighted by atomic mass is 19.3. The van der Waals surface area contributed by atoms with Crippen LogP contribution in [0, 0.1) is 0 Å². The summed E-state index contributed by atoms with van der Waals surface area (Å²) in [6.07, 6.45) is -1.14. The number of hydrogen-bond donors (Lipinski definition) is 0. The second kappa shape index (κ2) is 7.90. The van der Waals surface area contributed by atoms with Crippen LogP contribution in [0.1, 0.15) is 31.5 Å². The summed E-state index contributed by atoms with van der Waals surface area (Å²) in [6, 6.07) is 1.36. The molecule has 0 spiro atoms. The van der Waals surface area contributed by atoms with Gasteiger partial charge in [0.05, 0.1) is 18.4 Å². The molecule has 0 N–H and O–H groups in total. The summed E-state index contributed by atoms with van der Waals surface area (Å²) in [7, 11) is 0. The molecule has 26 heavy (non-hydrogen) atoms. The third kappa shape index (κ3) is 4.43. The van der Waals surface area contributed by atoms with E-state index in [9.17, 15) is 13.6 Å². The highest BCUT2D eigenvalue weighted by Crippen LogP contribution is 2.16. The van der Waals surface area contributed by atoms with Crippen molar-refractivity contribution < 1.29 is 13.3 Å². The average Bonchev–Trinajstić information content (AvgIpc) is 3.06. The Balaban J connectivity index is 1.56. The molecule has 142 valence electrons. The van der Waals surface area contributed by atoms with Crippen LogP contribution in [-0.2, 0) is 13.1 Å². The normalized spacial score (nSPS) is 16.0. The van der Waals surface area contributed by atoms with Gasteiger partial charge in [-0.1, -0.05) is 19.0 Å². The highest BCUT2D eigenvalue weighted by Gasteiger charge is 2.21. The van der Waals surface area contributed by atoms with Gasteiger partial charge in [0.1, 0.15) is 6.54 Å². The number of piperazine rings is 1. The average molecular weight is 368 g/mol. The minimum atomic E-state index is -2.60. The molecule has 1 fully saturated rings. The van der Waals surface area contributed by atoms with Crippen LogP contribution in [0.5, 0.6) is 0 Å². The zero-order valence-corrected chi connectivity index (χ0v) is 14.8. The van der Waals surface area contributed by atoms with Crippen molar-refractivity contribution in [3.63, 3.8) is 0 Å². The Morgan fingerprint density at radius 2 is 1.96 bits per heavy atom. The lowest BCUT2D eigenvalue weighted by Crippen LogP contribution is -2.46. The van der Waals surface area contributed by atoms with E-state index in [1.807, 2.05) is 18.7 Å². The molecule has 10 heteroatoms. The molecule has 1 aliphatic rings. The maximum absolute atomic E-state index is 12.4. The second-order valence-electron chi connectivity index (χ2n) is 6.59. The van der Waals surface area contributed by atoms with Gasteiger partial charge in [0.15, 0.2) is 5.82 Å². The Morgan fingerprint density at radius 1 is 1.23 bits per heavy atom. The fourth-order valence-electron chi connectivity index (χ4n) is 2.79. The Bertz CT molecular complexity index is 783. The van der Waals surface area contributed by atoms with Crippen molar-refractivity contribution in [1.82, 2.24) is 24.8 Å². The molecule has 1 saturated heterocycles. The van der Waals surface area contributed by atoms with Gasteiger partial charge in [0, 0.05) is 38.2 Å². The van der Waals surface area contributed by atoms with Crippen LogP contribution in [0.15, 0.2) is 21.6 Å². The van der Waals surface area contributed by atoms with Gasteiger partial charge in [-0.3, -0.25) is 9.69 Å². The molecule has 2 aromatic heterocycles. The highest BCUT2D eigenvalue weighted by molar-refractivity contribution is 5.43. The first kappa shape index (κ1) is 18.4. The van der Waals surface area contributed by atoms with Crippen LogP contribution in [0.25, 0.3) is 0 Å². The molecule has 3 heterocycles. The molecule has 0 saturated carbocycles. The monoisotopic (exact) mass is 368 g/mol. The molecular formula is C16H22F2N6O2. The van der Waals surface area contributed by atoms with Crippen LogP contribution in [0.3, 0.4) is 0 Å². The standard InChI is InChI=1S/C16H22F2N6O2/c1-11(2)16-20-14(26-21-16)10-22-3-5-23(6-4-22)12-7-15(25)24(19-8-12)9-13(17)18/h7-8,11,13H,3-6,9-10H2,1-2H3. The van der Waals surface area contributed by atoms with Gasteiger partial charge in [0.2, 0.25) is 5.89 Å². The van der Waals surface area contributed by atoms with Crippen LogP contribution in [0.4, 0.5) is 14.5 Å². The molecular weight excluding hydrogens is 346 g/mol. The number of aromatic nitrogens is 4. The van der Waals surface area contributed by atoms with Gasteiger partial charge in [-0.05, 0) is 0 Å². The van der Waals surface area contributed by atoms with Crippen molar-refractivity contribution in [1.29, 1.82) is 0 Å². The number of anilines is 1. The van der Waals surface area contributed by atoms with E-state index in [2.05, 4.69) is 20.1 Å². The zero-order valence-electron chi connectivity index (χ0n) is 14.8. The van der Waals surface area contributed by atoms with Crippen molar-refractivity contribution in [2.45, 2.75) is 39.3 Å². The third-order valence-corrected chi connectivity index (χ3v) is 4.26. The molecule has 0 unspecified atom stereocenters. The van der Waals surface area contributed by atoms with Crippen molar-refractivity contribution in [2.24, 2.45) is 0 Å². The fraction of sp³-hybridized carbons (Fsp3) is 0.625. The van der Waals surface area contributed by atoms with Crippen LogP contribution in [-0.4, -0.2) is 57.4 Å². The second-order valence-corrected chi connectivity index (χ2v) is 6.59. The third-order valence-electron chi connectivity index (χ3n) is 4.26. The van der Waals surface area contributed by atoms with E-state index >= 15 is 0 Å². The van der Waals surface area contributed by atoms with Crippen molar-refractivity contribution in [2.75, 3.05) is 31.1 Å². The van der Waals surface area contributed by atoms with Crippen LogP contribution in [0.2, 0.25) is 0 Å². The lowest BCUT2D eigenvalue weighted by Gasteiger charge is -2.35. The van der Waals surface area contributed by atoms with Crippen molar-refractivity contribution in [3.8, 4) is 0 Å². The smallest absolute Gasteiger partial charge is 0.269 e. The van der Waals surface area contributed by atoms with Gasteiger partial charge in [-0.2, -0.15) is 10.1 Å². The summed E-state index contributed by atoms with van der Waals surface area (Å²) in [5.74, 6) is 1.52. The first-order valence-corrected chi connectivity index (χ1v) is 8.57. The molecule has 1 aliphatic heterocycles. The van der Waals surface area contributed by atoms with E-state index in [1.165, 1.54) is 12.3 Å². The molecule has 2 aromatic rings. The van der Waals surface area contributed by atoms with Gasteiger partial charge in [-0.25, -0.2) is 13.5 Å². The molecule has 0 radical (unpaired) electrons. The molecule has 0 amide bonds. The van der Waals surface area contributed by atoms with E-state index in [0.717, 1.165) is 17.8 Å². The Morgan fingerprint density at radius 3 is 2.54 bits per heavy atom. The summed E-state index contributed by atoms with van der Waals surface area (Å²) in [6.45, 7) is 6.85. The molecule has 0 atom stereocenters. The SMILES string of the molecule is CC(C)c1noc(CN2CCN(c3cnn(CC(F)F)c(=O)c3)CC2)n1. The lowest BCUT2D eigenvalue weighted by molar-refractivity contribution is 0.119. The van der Waals surface area contributed by atoms with E-state index in [-0.39, 0.29) is 5.92 Å². The van der Waals surface area contributed by atoms with E-state index < -0.39 is 18.5 Å². The van der Waals surface area contributed by atoms with Gasteiger partial charge < -0.3 is 9.42 Å². The van der Waals surface area contributed by atoms with Gasteiger partial charge in [-0.15, -0.1) is 0 Å². The molecule has 8 nitrogen and oxygen atoms in total. The summed E-state index contributed by atoms with van der Waals surface area (Å²) in [4.78, 5) is 20.5. The zero-order chi connectivity index (χ0) is 18.7. The molecule has 0 aliphatic carbocycles. The predicted molar refractivity (Wildman–Crippen MR) is 90.4 cm³/mol. The summed E-state index contributed by atoms with van der Waals surface area (Å²) >= 11 is 0. The largest absolute Gasteiger partial charge is 0.368 e. The number of hydrogen-bond acceptors (Lipinski definition) is 7. The summed E-state index contributed by atoms with van der Waals surface area (Å²) in [5.41, 5.74) is 0.136. The van der Waals surface area contributed by atoms with E-state index in [0.29, 0.717) is 37.0 Å². The quantitative estimate of drug-likeness (QED) is 0.761. The van der Waals surface area contributed by atoms with Crippen LogP contribution >= 0.6 is 0 Å².